The number of nitrogens with zero attached hydrogens (tertiary/aromatic N) is 2. The molecule has 0 bridgehead atoms. The summed E-state index contributed by atoms with van der Waals surface area (Å²) in [6.45, 7) is 4.22. The van der Waals surface area contributed by atoms with Gasteiger partial charge in [0.25, 0.3) is 0 Å². The predicted octanol–water partition coefficient (Wildman–Crippen LogP) is 1.29. The van der Waals surface area contributed by atoms with Crippen LogP contribution < -0.4 is 10.6 Å². The molecule has 19 heavy (non-hydrogen) atoms. The molecule has 1 aromatic heterocycles. The number of anilines is 2. The van der Waals surface area contributed by atoms with E-state index in [0.717, 1.165) is 11.4 Å². The molecular formula is C12H19N3O2S2. The molecule has 2 N–H and O–H groups in total. The number of nitrogens with two attached hydrogens (primary N) is 1. The van der Waals surface area contributed by atoms with E-state index in [-0.39, 0.29) is 5.75 Å². The number of aromatic nitrogens is 1. The van der Waals surface area contributed by atoms with Crippen LogP contribution in [0.2, 0.25) is 0 Å². The lowest BCUT2D eigenvalue weighted by molar-refractivity contribution is 0.579. The van der Waals surface area contributed by atoms with E-state index in [0.29, 0.717) is 23.8 Å². The number of hydrogen-bond acceptors (Lipinski definition) is 6. The van der Waals surface area contributed by atoms with Gasteiger partial charge in [-0.2, -0.15) is 11.8 Å². The molecule has 0 amide bonds. The van der Waals surface area contributed by atoms with E-state index in [1.807, 2.05) is 17.9 Å². The fourth-order valence-corrected chi connectivity index (χ4v) is 5.07. The van der Waals surface area contributed by atoms with E-state index in [2.05, 4.69) is 4.98 Å². The minimum absolute atomic E-state index is 0.139. The van der Waals surface area contributed by atoms with Gasteiger partial charge in [0, 0.05) is 29.5 Å². The van der Waals surface area contributed by atoms with Gasteiger partial charge < -0.3 is 10.6 Å². The minimum atomic E-state index is -3.14. The third-order valence-electron chi connectivity index (χ3n) is 3.22. The van der Waals surface area contributed by atoms with E-state index in [1.54, 1.807) is 24.8 Å². The highest BCUT2D eigenvalue weighted by atomic mass is 32.2. The molecule has 0 aliphatic carbocycles. The van der Waals surface area contributed by atoms with E-state index in [1.165, 1.54) is 0 Å². The lowest BCUT2D eigenvalue weighted by Gasteiger charge is -2.36. The van der Waals surface area contributed by atoms with Gasteiger partial charge in [-0.15, -0.1) is 0 Å². The van der Waals surface area contributed by atoms with Crippen molar-refractivity contribution in [1.29, 1.82) is 0 Å². The second kappa shape index (κ2) is 5.58. The molecular weight excluding hydrogens is 282 g/mol. The highest BCUT2D eigenvalue weighted by Crippen LogP contribution is 2.29. The van der Waals surface area contributed by atoms with Gasteiger partial charge in [-0.3, -0.25) is 0 Å². The molecule has 106 valence electrons. The summed E-state index contributed by atoms with van der Waals surface area (Å²) in [6.07, 6.45) is 0. The minimum Gasteiger partial charge on any atom is -0.396 e. The Balaban J connectivity index is 2.42. The van der Waals surface area contributed by atoms with Crippen LogP contribution in [0, 0.1) is 6.92 Å². The van der Waals surface area contributed by atoms with Crippen molar-refractivity contribution in [3.05, 3.63) is 17.8 Å². The van der Waals surface area contributed by atoms with Gasteiger partial charge in [0.2, 0.25) is 0 Å². The molecule has 1 unspecified atom stereocenters. The number of rotatable bonds is 3. The van der Waals surface area contributed by atoms with Crippen LogP contribution >= 0.6 is 11.8 Å². The molecule has 1 fully saturated rings. The molecule has 1 atom stereocenters. The van der Waals surface area contributed by atoms with Crippen molar-refractivity contribution in [2.45, 2.75) is 19.2 Å². The van der Waals surface area contributed by atoms with Crippen LogP contribution in [0.15, 0.2) is 12.1 Å². The average molecular weight is 301 g/mol. The van der Waals surface area contributed by atoms with Crippen molar-refractivity contribution in [2.24, 2.45) is 0 Å². The van der Waals surface area contributed by atoms with E-state index in [4.69, 9.17) is 5.73 Å². The van der Waals surface area contributed by atoms with Crippen molar-refractivity contribution in [1.82, 2.24) is 4.98 Å². The molecule has 0 radical (unpaired) electrons. The Labute approximate surface area is 118 Å². The second-order valence-electron chi connectivity index (χ2n) is 4.54. The standard InChI is InChI=1S/C12H19N3O2S2/c1-3-19(16,17)11-8-18-7-6-15(11)12-10(13)5-4-9(2)14-12/h4-5,11H,3,6-8,13H2,1-2H3. The van der Waals surface area contributed by atoms with Gasteiger partial charge in [0.05, 0.1) is 5.69 Å². The van der Waals surface area contributed by atoms with Gasteiger partial charge in [-0.1, -0.05) is 6.92 Å². The van der Waals surface area contributed by atoms with Crippen LogP contribution in [-0.4, -0.2) is 42.6 Å². The predicted molar refractivity (Wildman–Crippen MR) is 81.3 cm³/mol. The smallest absolute Gasteiger partial charge is 0.171 e. The zero-order valence-electron chi connectivity index (χ0n) is 11.2. The van der Waals surface area contributed by atoms with Crippen molar-refractivity contribution in [3.63, 3.8) is 0 Å². The summed E-state index contributed by atoms with van der Waals surface area (Å²) in [4.78, 5) is 6.27. The number of pyridine rings is 1. The molecule has 2 rings (SSSR count). The number of nitrogen functional groups attached to an aromatic ring is 1. The molecule has 1 aliphatic heterocycles. The number of thioether (sulfide) groups is 1. The Morgan fingerprint density at radius 3 is 2.95 bits per heavy atom. The third-order valence-corrected chi connectivity index (χ3v) is 6.51. The third kappa shape index (κ3) is 2.97. The molecule has 7 heteroatoms. The highest BCUT2D eigenvalue weighted by Gasteiger charge is 2.34. The zero-order chi connectivity index (χ0) is 14.0. The first-order valence-electron chi connectivity index (χ1n) is 6.25. The van der Waals surface area contributed by atoms with Crippen LogP contribution in [0.3, 0.4) is 0 Å². The molecule has 2 heterocycles. The molecule has 0 aromatic carbocycles. The van der Waals surface area contributed by atoms with Crippen LogP contribution in [0.1, 0.15) is 12.6 Å². The quantitative estimate of drug-likeness (QED) is 0.906. The molecule has 0 saturated carbocycles. The van der Waals surface area contributed by atoms with Crippen molar-refractivity contribution in [3.8, 4) is 0 Å². The van der Waals surface area contributed by atoms with Gasteiger partial charge in [0.15, 0.2) is 15.7 Å². The highest BCUT2D eigenvalue weighted by molar-refractivity contribution is 8.01. The SMILES string of the molecule is CCS(=O)(=O)C1CSCCN1c1nc(C)ccc1N. The summed E-state index contributed by atoms with van der Waals surface area (Å²) >= 11 is 1.66. The van der Waals surface area contributed by atoms with Gasteiger partial charge >= 0.3 is 0 Å². The largest absolute Gasteiger partial charge is 0.396 e. The van der Waals surface area contributed by atoms with Crippen LogP contribution in [0.5, 0.6) is 0 Å². The lowest BCUT2D eigenvalue weighted by atomic mass is 10.3. The van der Waals surface area contributed by atoms with Crippen molar-refractivity contribution in [2.75, 3.05) is 34.4 Å². The summed E-state index contributed by atoms with van der Waals surface area (Å²) in [6, 6.07) is 3.62. The first-order valence-corrected chi connectivity index (χ1v) is 9.12. The Morgan fingerprint density at radius 1 is 1.53 bits per heavy atom. The summed E-state index contributed by atoms with van der Waals surface area (Å²) < 4.78 is 24.4. The Hall–Kier alpha value is -0.950. The molecule has 0 spiro atoms. The Morgan fingerprint density at radius 2 is 2.26 bits per heavy atom. The van der Waals surface area contributed by atoms with E-state index < -0.39 is 15.2 Å². The van der Waals surface area contributed by atoms with Crippen LogP contribution in [0.25, 0.3) is 0 Å². The monoisotopic (exact) mass is 301 g/mol. The number of aryl methyl sites for hydroxylation is 1. The Bertz CT molecular complexity index is 560. The second-order valence-corrected chi connectivity index (χ2v) is 8.14. The summed E-state index contributed by atoms with van der Waals surface area (Å²) in [5, 5.41) is -0.521. The summed E-state index contributed by atoms with van der Waals surface area (Å²) in [5.41, 5.74) is 7.34. The first-order chi connectivity index (χ1) is 8.95. The molecule has 1 aliphatic rings. The van der Waals surface area contributed by atoms with Crippen LogP contribution in [0.4, 0.5) is 11.5 Å². The number of hydrogen-bond donors (Lipinski definition) is 1. The van der Waals surface area contributed by atoms with Crippen molar-refractivity contribution >= 4 is 33.1 Å². The van der Waals surface area contributed by atoms with Gasteiger partial charge in [-0.05, 0) is 19.1 Å². The van der Waals surface area contributed by atoms with E-state index >= 15 is 0 Å². The zero-order valence-corrected chi connectivity index (χ0v) is 12.8. The summed E-state index contributed by atoms with van der Waals surface area (Å²) in [5.74, 6) is 2.21. The lowest BCUT2D eigenvalue weighted by Crippen LogP contribution is -2.48. The number of sulfone groups is 1. The Kier molecular flexibility index (Phi) is 4.25. The maximum absolute atomic E-state index is 12.2. The average Bonchev–Trinajstić information content (AvgIpc) is 2.41. The first kappa shape index (κ1) is 14.5. The molecule has 5 nitrogen and oxygen atoms in total. The van der Waals surface area contributed by atoms with Crippen LogP contribution in [-0.2, 0) is 9.84 Å². The fourth-order valence-electron chi connectivity index (χ4n) is 2.10. The maximum Gasteiger partial charge on any atom is 0.171 e. The maximum atomic E-state index is 12.2. The normalized spacial score (nSPS) is 20.5. The van der Waals surface area contributed by atoms with Crippen molar-refractivity contribution < 1.29 is 8.42 Å². The topological polar surface area (TPSA) is 76.3 Å². The fraction of sp³-hybridized carbons (Fsp3) is 0.583. The molecule has 1 aromatic rings. The van der Waals surface area contributed by atoms with E-state index in [9.17, 15) is 8.42 Å². The molecule has 1 saturated heterocycles. The van der Waals surface area contributed by atoms with Gasteiger partial charge in [-0.25, -0.2) is 13.4 Å². The van der Waals surface area contributed by atoms with Gasteiger partial charge in [0.1, 0.15) is 5.37 Å². The summed E-state index contributed by atoms with van der Waals surface area (Å²) in [7, 11) is -3.14.